The number of hydrogen-bond donors (Lipinski definition) is 1. The number of methoxy groups -OCH3 is 1. The van der Waals surface area contributed by atoms with E-state index in [9.17, 15) is 22.8 Å². The van der Waals surface area contributed by atoms with Gasteiger partial charge >= 0.3 is 12.1 Å². The average molecular weight is 880 g/mol. The lowest BCUT2D eigenvalue weighted by molar-refractivity contribution is -0.137. The van der Waals surface area contributed by atoms with Crippen LogP contribution in [0.3, 0.4) is 0 Å². The summed E-state index contributed by atoms with van der Waals surface area (Å²) in [6.07, 6.45) is 1.52. The Morgan fingerprint density at radius 1 is 0.766 bits per heavy atom. The highest BCUT2D eigenvalue weighted by Crippen LogP contribution is 2.30. The van der Waals surface area contributed by atoms with Crippen molar-refractivity contribution in [1.29, 1.82) is 0 Å². The molecule has 0 radical (unpaired) electrons. The van der Waals surface area contributed by atoms with Crippen LogP contribution in [0.4, 0.5) is 13.2 Å². The van der Waals surface area contributed by atoms with Gasteiger partial charge in [-0.15, -0.1) is 12.3 Å². The molecular formula is C49H52F3N5O7. The first-order valence-electron chi connectivity index (χ1n) is 19.8. The maximum atomic E-state index is 13.2. The molecule has 1 amide bonds. The molecule has 12 nitrogen and oxygen atoms in total. The van der Waals surface area contributed by atoms with Gasteiger partial charge in [-0.05, 0) is 87.1 Å². The molecule has 15 heteroatoms. The van der Waals surface area contributed by atoms with Crippen molar-refractivity contribution in [1.82, 2.24) is 5.32 Å². The molecule has 0 saturated heterocycles. The minimum atomic E-state index is -4.46. The number of rotatable bonds is 16. The van der Waals surface area contributed by atoms with Crippen molar-refractivity contribution < 1.29 is 46.8 Å². The standard InChI is InChI=1S/C25H25N3O3.C24H27F3N2O4/c1-7-10-20-13-19(8-2)14-21(15-20)18(4)27-31-16-23-17(3)11-9-12-22(23)24(28-30-6)25(29)26-5;1-15(2)12-21(17-9-7-10-18(13-17)24(25,26)27)28-33-14-20-16(3)8-6-11-19(20)22(29-32-5)23(30)31-4/h2,9,11-15H,16H2,1,3-6H3,(H,26,29);6-11,13,15H,12,14H2,1-5H3/b27-18+,28-24+;28-21+,29-22+. The number of ether oxygens (including phenoxy) is 1. The van der Waals surface area contributed by atoms with Crippen molar-refractivity contribution in [2.75, 3.05) is 28.4 Å². The molecular weight excluding hydrogens is 828 g/mol. The van der Waals surface area contributed by atoms with Gasteiger partial charge in [0.05, 0.1) is 24.1 Å². The Kier molecular flexibility index (Phi) is 19.8. The van der Waals surface area contributed by atoms with Crippen molar-refractivity contribution in [3.63, 3.8) is 0 Å². The van der Waals surface area contributed by atoms with Crippen molar-refractivity contribution >= 4 is 34.7 Å². The van der Waals surface area contributed by atoms with Crippen LogP contribution in [0.15, 0.2) is 99.5 Å². The molecule has 0 spiro atoms. The maximum absolute atomic E-state index is 13.2. The number of oxime groups is 4. The van der Waals surface area contributed by atoms with Gasteiger partial charge in [0.25, 0.3) is 5.91 Å². The minimum Gasteiger partial charge on any atom is -0.464 e. The first-order valence-corrected chi connectivity index (χ1v) is 19.8. The predicted octanol–water partition coefficient (Wildman–Crippen LogP) is 8.89. The molecule has 1 N–H and O–H groups in total. The van der Waals surface area contributed by atoms with Crippen LogP contribution in [0, 0.1) is 44.0 Å². The van der Waals surface area contributed by atoms with Gasteiger partial charge in [-0.2, -0.15) is 13.2 Å². The van der Waals surface area contributed by atoms with Crippen LogP contribution < -0.4 is 5.32 Å². The van der Waals surface area contributed by atoms with Gasteiger partial charge in [0.15, 0.2) is 11.4 Å². The summed E-state index contributed by atoms with van der Waals surface area (Å²) in [5.41, 5.74) is 7.33. The number of alkyl halides is 3. The average Bonchev–Trinajstić information content (AvgIpc) is 3.27. The van der Waals surface area contributed by atoms with E-state index in [-0.39, 0.29) is 36.5 Å². The summed E-state index contributed by atoms with van der Waals surface area (Å²) in [7, 11) is 5.47. The first kappa shape index (κ1) is 51.0. The predicted molar refractivity (Wildman–Crippen MR) is 242 cm³/mol. The van der Waals surface area contributed by atoms with E-state index in [4.69, 9.17) is 30.5 Å². The monoisotopic (exact) mass is 879 g/mol. The third-order valence-corrected chi connectivity index (χ3v) is 9.22. The number of benzene rings is 4. The van der Waals surface area contributed by atoms with E-state index in [1.807, 2.05) is 71.0 Å². The van der Waals surface area contributed by atoms with E-state index < -0.39 is 17.7 Å². The van der Waals surface area contributed by atoms with E-state index in [1.165, 1.54) is 34.4 Å². The van der Waals surface area contributed by atoms with Gasteiger partial charge < -0.3 is 29.4 Å². The van der Waals surface area contributed by atoms with E-state index in [0.717, 1.165) is 45.5 Å². The zero-order valence-electron chi connectivity index (χ0n) is 37.6. The van der Waals surface area contributed by atoms with Crippen molar-refractivity contribution in [2.24, 2.45) is 26.5 Å². The van der Waals surface area contributed by atoms with Crippen LogP contribution in [0.25, 0.3) is 0 Å². The lowest BCUT2D eigenvalue weighted by Gasteiger charge is -2.14. The fraction of sp³-hybridized carbons (Fsp3) is 0.306. The van der Waals surface area contributed by atoms with Crippen LogP contribution in [-0.4, -0.2) is 63.1 Å². The van der Waals surface area contributed by atoms with Gasteiger partial charge in [-0.1, -0.05) is 94.8 Å². The summed E-state index contributed by atoms with van der Waals surface area (Å²) in [6, 6.07) is 21.4. The van der Waals surface area contributed by atoms with Gasteiger partial charge in [0, 0.05) is 46.0 Å². The molecule has 0 heterocycles. The van der Waals surface area contributed by atoms with Crippen LogP contribution in [-0.2, 0) is 53.1 Å². The summed E-state index contributed by atoms with van der Waals surface area (Å²) in [5.74, 6) is 7.61. The van der Waals surface area contributed by atoms with E-state index in [1.54, 1.807) is 31.2 Å². The first-order chi connectivity index (χ1) is 30.5. The van der Waals surface area contributed by atoms with Crippen LogP contribution in [0.2, 0.25) is 0 Å². The fourth-order valence-electron chi connectivity index (χ4n) is 6.07. The second-order valence-corrected chi connectivity index (χ2v) is 14.3. The summed E-state index contributed by atoms with van der Waals surface area (Å²) >= 11 is 0. The lowest BCUT2D eigenvalue weighted by atomic mass is 9.98. The number of carbonyl (C=O) groups is 2. The molecule has 336 valence electrons. The molecule has 4 rings (SSSR count). The number of aryl methyl sites for hydroxylation is 2. The zero-order chi connectivity index (χ0) is 47.4. The molecule has 0 aliphatic rings. The Balaban J connectivity index is 0.000000341. The molecule has 0 atom stereocenters. The van der Waals surface area contributed by atoms with Crippen molar-refractivity contribution in [2.45, 2.75) is 67.4 Å². The number of carbonyl (C=O) groups excluding carboxylic acids is 2. The molecule has 0 aliphatic carbocycles. The summed E-state index contributed by atoms with van der Waals surface area (Å²) < 4.78 is 44.3. The second-order valence-electron chi connectivity index (χ2n) is 14.3. The molecule has 64 heavy (non-hydrogen) atoms. The molecule has 0 unspecified atom stereocenters. The molecule has 0 aromatic heterocycles. The molecule has 0 saturated carbocycles. The highest BCUT2D eigenvalue weighted by Gasteiger charge is 2.31. The van der Waals surface area contributed by atoms with E-state index >= 15 is 0 Å². The van der Waals surface area contributed by atoms with Gasteiger partial charge in [0.1, 0.15) is 27.4 Å². The fourth-order valence-corrected chi connectivity index (χ4v) is 6.07. The van der Waals surface area contributed by atoms with Crippen LogP contribution in [0.5, 0.6) is 0 Å². The normalized spacial score (nSPS) is 11.9. The summed E-state index contributed by atoms with van der Waals surface area (Å²) in [4.78, 5) is 45.3. The van der Waals surface area contributed by atoms with Crippen LogP contribution in [0.1, 0.15) is 95.3 Å². The number of nitrogens with zero attached hydrogens (tertiary/aromatic N) is 4. The maximum Gasteiger partial charge on any atom is 0.416 e. The zero-order valence-corrected chi connectivity index (χ0v) is 37.6. The van der Waals surface area contributed by atoms with Gasteiger partial charge in [-0.3, -0.25) is 4.79 Å². The van der Waals surface area contributed by atoms with Crippen molar-refractivity contribution in [3.05, 3.63) is 140 Å². The Labute approximate surface area is 372 Å². The van der Waals surface area contributed by atoms with Gasteiger partial charge in [0.2, 0.25) is 0 Å². The SMILES string of the molecule is C#Cc1cc(C#CC)cc(/C(C)=N/OCc2c(C)cccc2/C(=N\OC)C(=O)NC)c1.CO/N=C(/C(=O)OC)c1cccc(C)c1CO/N=C(\CC(C)C)c1cccc(C(F)(F)F)c1. The third-order valence-electron chi connectivity index (χ3n) is 9.22. The molecule has 4 aromatic carbocycles. The van der Waals surface area contributed by atoms with Gasteiger partial charge in [-0.25, -0.2) is 4.79 Å². The number of nitrogens with one attached hydrogen (secondary N) is 1. The molecule has 4 aromatic rings. The highest BCUT2D eigenvalue weighted by atomic mass is 19.4. The minimum absolute atomic E-state index is 0.0356. The summed E-state index contributed by atoms with van der Waals surface area (Å²) in [5, 5.41) is 18.6. The lowest BCUT2D eigenvalue weighted by Crippen LogP contribution is -2.29. The Bertz CT molecular complexity index is 2510. The number of hydrogen-bond acceptors (Lipinski definition) is 11. The Morgan fingerprint density at radius 3 is 1.86 bits per heavy atom. The third kappa shape index (κ3) is 14.6. The molecule has 0 bridgehead atoms. The number of esters is 1. The number of amides is 1. The van der Waals surface area contributed by atoms with E-state index in [2.05, 4.69) is 43.7 Å². The molecule has 0 aliphatic heterocycles. The van der Waals surface area contributed by atoms with E-state index in [0.29, 0.717) is 40.1 Å². The number of terminal acetylenes is 1. The Morgan fingerprint density at radius 2 is 1.33 bits per heavy atom. The summed E-state index contributed by atoms with van der Waals surface area (Å²) in [6.45, 7) is 11.3. The largest absolute Gasteiger partial charge is 0.464 e. The smallest absolute Gasteiger partial charge is 0.416 e. The van der Waals surface area contributed by atoms with Crippen molar-refractivity contribution in [3.8, 4) is 24.2 Å². The number of halogens is 3. The quantitative estimate of drug-likeness (QED) is 0.0513. The molecule has 0 fully saturated rings. The second kappa shape index (κ2) is 24.9. The number of likely N-dealkylation sites (N-methyl/N-ethyl adjacent to an activating group) is 1. The Hall–Kier alpha value is -7.39. The topological polar surface area (TPSA) is 142 Å². The van der Waals surface area contributed by atoms with Crippen LogP contribution >= 0.6 is 0 Å². The highest BCUT2D eigenvalue weighted by molar-refractivity contribution is 6.45.